The second kappa shape index (κ2) is 11.2. The van der Waals surface area contributed by atoms with Gasteiger partial charge in [0.25, 0.3) is 5.91 Å². The molecule has 1 aliphatic heterocycles. The van der Waals surface area contributed by atoms with E-state index in [1.165, 1.54) is 15.9 Å². The molecule has 0 saturated carbocycles. The van der Waals surface area contributed by atoms with Crippen molar-refractivity contribution in [2.24, 2.45) is 0 Å². The number of ether oxygens (including phenoxy) is 1. The summed E-state index contributed by atoms with van der Waals surface area (Å²) in [6.07, 6.45) is 4.39. The van der Waals surface area contributed by atoms with E-state index in [1.54, 1.807) is 18.2 Å². The SMILES string of the molecule is O=C(NCCCOCCc1ccccc1)c1cccc(S(=O)(=O)N2CCCCC2)c1. The number of piperidine rings is 1. The van der Waals surface area contributed by atoms with Crippen molar-refractivity contribution < 1.29 is 17.9 Å². The zero-order chi connectivity index (χ0) is 21.2. The van der Waals surface area contributed by atoms with Gasteiger partial charge in [-0.2, -0.15) is 4.31 Å². The molecule has 0 aliphatic carbocycles. The first-order chi connectivity index (χ1) is 14.6. The third-order valence-electron chi connectivity index (χ3n) is 5.18. The summed E-state index contributed by atoms with van der Waals surface area (Å²) in [6, 6.07) is 16.4. The highest BCUT2D eigenvalue weighted by Crippen LogP contribution is 2.21. The minimum atomic E-state index is -3.54. The topological polar surface area (TPSA) is 75.7 Å². The summed E-state index contributed by atoms with van der Waals surface area (Å²) < 4.78 is 32.7. The number of amides is 1. The molecule has 0 unspecified atom stereocenters. The first-order valence-electron chi connectivity index (χ1n) is 10.6. The molecule has 1 fully saturated rings. The Hall–Kier alpha value is -2.22. The van der Waals surface area contributed by atoms with E-state index in [9.17, 15) is 13.2 Å². The third kappa shape index (κ3) is 6.39. The fourth-order valence-electron chi connectivity index (χ4n) is 3.47. The molecule has 0 bridgehead atoms. The van der Waals surface area contributed by atoms with Gasteiger partial charge in [0.15, 0.2) is 0 Å². The van der Waals surface area contributed by atoms with E-state index in [1.807, 2.05) is 18.2 Å². The van der Waals surface area contributed by atoms with Crippen LogP contribution in [0.4, 0.5) is 0 Å². The summed E-state index contributed by atoms with van der Waals surface area (Å²) in [5, 5.41) is 2.84. The molecule has 1 aliphatic rings. The highest BCUT2D eigenvalue weighted by Gasteiger charge is 2.26. The minimum absolute atomic E-state index is 0.182. The van der Waals surface area contributed by atoms with Gasteiger partial charge in [0, 0.05) is 31.8 Å². The largest absolute Gasteiger partial charge is 0.381 e. The fourth-order valence-corrected chi connectivity index (χ4v) is 5.03. The quantitative estimate of drug-likeness (QED) is 0.587. The van der Waals surface area contributed by atoms with Crippen LogP contribution in [0, 0.1) is 0 Å². The van der Waals surface area contributed by atoms with Crippen molar-refractivity contribution in [1.82, 2.24) is 9.62 Å². The molecule has 162 valence electrons. The molecular formula is C23H30N2O4S. The Labute approximate surface area is 179 Å². The van der Waals surface area contributed by atoms with Crippen molar-refractivity contribution >= 4 is 15.9 Å². The molecule has 1 saturated heterocycles. The van der Waals surface area contributed by atoms with Gasteiger partial charge in [0.05, 0.1) is 11.5 Å². The lowest BCUT2D eigenvalue weighted by Crippen LogP contribution is -2.35. The van der Waals surface area contributed by atoms with Gasteiger partial charge in [-0.3, -0.25) is 4.79 Å². The van der Waals surface area contributed by atoms with Gasteiger partial charge < -0.3 is 10.1 Å². The van der Waals surface area contributed by atoms with Crippen LogP contribution in [-0.2, 0) is 21.2 Å². The Morgan fingerprint density at radius 3 is 2.50 bits per heavy atom. The second-order valence-electron chi connectivity index (χ2n) is 7.45. The number of nitrogens with one attached hydrogen (secondary N) is 1. The molecule has 3 rings (SSSR count). The van der Waals surface area contributed by atoms with E-state index in [0.717, 1.165) is 25.7 Å². The zero-order valence-corrected chi connectivity index (χ0v) is 18.1. The Kier molecular flexibility index (Phi) is 8.42. The molecule has 0 aromatic heterocycles. The van der Waals surface area contributed by atoms with Crippen molar-refractivity contribution in [2.45, 2.75) is 37.0 Å². The monoisotopic (exact) mass is 430 g/mol. The molecule has 2 aromatic rings. The zero-order valence-electron chi connectivity index (χ0n) is 17.3. The number of carbonyl (C=O) groups excluding carboxylic acids is 1. The molecule has 1 N–H and O–H groups in total. The van der Waals surface area contributed by atoms with Crippen LogP contribution < -0.4 is 5.32 Å². The maximum absolute atomic E-state index is 12.8. The number of rotatable bonds is 10. The summed E-state index contributed by atoms with van der Waals surface area (Å²) in [5.74, 6) is -0.269. The van der Waals surface area contributed by atoms with Gasteiger partial charge in [-0.15, -0.1) is 0 Å². The molecule has 0 spiro atoms. The van der Waals surface area contributed by atoms with Crippen molar-refractivity contribution in [2.75, 3.05) is 32.8 Å². The number of sulfonamides is 1. The van der Waals surface area contributed by atoms with Crippen molar-refractivity contribution in [1.29, 1.82) is 0 Å². The van der Waals surface area contributed by atoms with Crippen LogP contribution in [0.3, 0.4) is 0 Å². The van der Waals surface area contributed by atoms with Gasteiger partial charge in [0.2, 0.25) is 10.0 Å². The Morgan fingerprint density at radius 2 is 1.73 bits per heavy atom. The number of hydrogen-bond donors (Lipinski definition) is 1. The van der Waals surface area contributed by atoms with Crippen LogP contribution in [0.1, 0.15) is 41.6 Å². The smallest absolute Gasteiger partial charge is 0.251 e. The molecule has 0 atom stereocenters. The summed E-state index contributed by atoms with van der Waals surface area (Å²) >= 11 is 0. The third-order valence-corrected chi connectivity index (χ3v) is 7.07. The van der Waals surface area contributed by atoms with E-state index in [0.29, 0.717) is 44.8 Å². The Balaban J connectivity index is 1.41. The van der Waals surface area contributed by atoms with E-state index in [-0.39, 0.29) is 10.8 Å². The highest BCUT2D eigenvalue weighted by atomic mass is 32.2. The lowest BCUT2D eigenvalue weighted by Gasteiger charge is -2.26. The minimum Gasteiger partial charge on any atom is -0.381 e. The summed E-state index contributed by atoms with van der Waals surface area (Å²) in [4.78, 5) is 12.6. The first-order valence-corrected chi connectivity index (χ1v) is 12.0. The van der Waals surface area contributed by atoms with Gasteiger partial charge in [0.1, 0.15) is 0 Å². The number of nitrogens with zero attached hydrogens (tertiary/aromatic N) is 1. The highest BCUT2D eigenvalue weighted by molar-refractivity contribution is 7.89. The van der Waals surface area contributed by atoms with Crippen LogP contribution in [0.15, 0.2) is 59.5 Å². The second-order valence-corrected chi connectivity index (χ2v) is 9.39. The molecule has 1 heterocycles. The molecule has 7 heteroatoms. The predicted molar refractivity (Wildman–Crippen MR) is 117 cm³/mol. The number of hydrogen-bond acceptors (Lipinski definition) is 4. The van der Waals surface area contributed by atoms with Crippen LogP contribution in [0.5, 0.6) is 0 Å². The number of carbonyl (C=O) groups is 1. The van der Waals surface area contributed by atoms with E-state index in [2.05, 4.69) is 17.4 Å². The molecule has 6 nitrogen and oxygen atoms in total. The predicted octanol–water partition coefficient (Wildman–Crippen LogP) is 3.24. The van der Waals surface area contributed by atoms with Crippen LogP contribution >= 0.6 is 0 Å². The average Bonchev–Trinajstić information content (AvgIpc) is 2.79. The maximum atomic E-state index is 12.8. The normalized spacial score (nSPS) is 15.1. The van der Waals surface area contributed by atoms with E-state index in [4.69, 9.17) is 4.74 Å². The lowest BCUT2D eigenvalue weighted by molar-refractivity contribution is 0.0942. The van der Waals surface area contributed by atoms with Crippen LogP contribution in [0.2, 0.25) is 0 Å². The van der Waals surface area contributed by atoms with Gasteiger partial charge >= 0.3 is 0 Å². The van der Waals surface area contributed by atoms with E-state index < -0.39 is 10.0 Å². The van der Waals surface area contributed by atoms with E-state index >= 15 is 0 Å². The summed E-state index contributed by atoms with van der Waals surface area (Å²) in [5.41, 5.74) is 1.60. The summed E-state index contributed by atoms with van der Waals surface area (Å²) in [7, 11) is -3.54. The van der Waals surface area contributed by atoms with Crippen molar-refractivity contribution in [3.8, 4) is 0 Å². The van der Waals surface area contributed by atoms with Gasteiger partial charge in [-0.1, -0.05) is 42.8 Å². The number of benzene rings is 2. The standard InChI is InChI=1S/C23H30N2O4S/c26-23(24-14-8-17-29-18-13-20-9-3-1-4-10-20)21-11-7-12-22(19-21)30(27,28)25-15-5-2-6-16-25/h1,3-4,7,9-12,19H,2,5-6,8,13-18H2,(H,24,26). The molecule has 1 amide bonds. The van der Waals surface area contributed by atoms with Crippen molar-refractivity contribution in [3.05, 3.63) is 65.7 Å². The molecule has 30 heavy (non-hydrogen) atoms. The van der Waals surface area contributed by atoms with Crippen LogP contribution in [0.25, 0.3) is 0 Å². The van der Waals surface area contributed by atoms with Crippen LogP contribution in [-0.4, -0.2) is 51.5 Å². The maximum Gasteiger partial charge on any atom is 0.251 e. The molecule has 2 aromatic carbocycles. The van der Waals surface area contributed by atoms with Gasteiger partial charge in [-0.05, 0) is 49.4 Å². The van der Waals surface area contributed by atoms with Gasteiger partial charge in [-0.25, -0.2) is 8.42 Å². The molecular weight excluding hydrogens is 400 g/mol. The lowest BCUT2D eigenvalue weighted by atomic mass is 10.2. The first kappa shape index (κ1) is 22.5. The summed E-state index contributed by atoms with van der Waals surface area (Å²) in [6.45, 7) is 2.78. The Morgan fingerprint density at radius 1 is 0.967 bits per heavy atom. The fraction of sp³-hybridized carbons (Fsp3) is 0.435. The van der Waals surface area contributed by atoms with Crippen molar-refractivity contribution in [3.63, 3.8) is 0 Å². The Bertz CT molecular complexity index is 910. The average molecular weight is 431 g/mol. The molecule has 0 radical (unpaired) electrons.